The molecule has 0 aromatic heterocycles. The number of halogens is 2. The van der Waals surface area contributed by atoms with Gasteiger partial charge in [0.15, 0.2) is 5.54 Å². The summed E-state index contributed by atoms with van der Waals surface area (Å²) in [5.41, 5.74) is -0.870. The normalized spacial score (nSPS) is 22.2. The molecular weight excluding hydrogens is 429 g/mol. The Bertz CT molecular complexity index is 528. The molecule has 1 amide bonds. The number of carbonyl (C=O) groups is 2. The Morgan fingerprint density at radius 1 is 1.47 bits per heavy atom. The van der Waals surface area contributed by atoms with Crippen molar-refractivity contribution < 1.29 is 19.4 Å². The summed E-state index contributed by atoms with van der Waals surface area (Å²) >= 11 is 5.34. The van der Waals surface area contributed by atoms with E-state index in [1.807, 2.05) is 28.7 Å². The van der Waals surface area contributed by atoms with E-state index in [4.69, 9.17) is 4.74 Å². The number of benzene rings is 1. The van der Waals surface area contributed by atoms with E-state index < -0.39 is 17.4 Å². The molecule has 1 heterocycles. The maximum atomic E-state index is 12.2. The number of hydrogen-bond acceptors (Lipinski definition) is 3. The van der Waals surface area contributed by atoms with Gasteiger partial charge in [-0.1, -0.05) is 15.9 Å². The molecule has 1 atom stereocenters. The molecule has 5 nitrogen and oxygen atoms in total. The number of ether oxygens (including phenoxy) is 1. The molecule has 0 saturated carbocycles. The standard InChI is InChI=1S/C12H11BrINO4/c13-7-1-2-9(14)8(5-7)10(16)15-12(11(17)18)3-4-19-6-12/h1-2,5H,3-4,6H2,(H,15,16)(H,17,18). The van der Waals surface area contributed by atoms with Crippen LogP contribution in [0.3, 0.4) is 0 Å². The fourth-order valence-electron chi connectivity index (χ4n) is 1.84. The molecule has 1 aromatic rings. The largest absolute Gasteiger partial charge is 0.479 e. The summed E-state index contributed by atoms with van der Waals surface area (Å²) in [6, 6.07) is 5.28. The number of amides is 1. The predicted octanol–water partition coefficient (Wildman–Crippen LogP) is 2.03. The lowest BCUT2D eigenvalue weighted by molar-refractivity contribution is -0.144. The first-order chi connectivity index (χ1) is 8.94. The molecule has 2 N–H and O–H groups in total. The fourth-order valence-corrected chi connectivity index (χ4v) is 2.78. The molecule has 7 heteroatoms. The van der Waals surface area contributed by atoms with Crippen LogP contribution in [0.5, 0.6) is 0 Å². The van der Waals surface area contributed by atoms with Crippen LogP contribution in [0.15, 0.2) is 22.7 Å². The van der Waals surface area contributed by atoms with Crippen LogP contribution in [0.25, 0.3) is 0 Å². The van der Waals surface area contributed by atoms with E-state index in [0.717, 1.165) is 8.04 Å². The summed E-state index contributed by atoms with van der Waals surface area (Å²) in [5.74, 6) is -1.47. The van der Waals surface area contributed by atoms with Crippen LogP contribution in [-0.4, -0.2) is 35.7 Å². The van der Waals surface area contributed by atoms with Gasteiger partial charge in [-0.2, -0.15) is 0 Å². The highest BCUT2D eigenvalue weighted by atomic mass is 127. The Labute approximate surface area is 132 Å². The summed E-state index contributed by atoms with van der Waals surface area (Å²) in [4.78, 5) is 23.6. The molecule has 1 fully saturated rings. The third-order valence-corrected chi connectivity index (χ3v) is 4.39. The Hall–Kier alpha value is -0.670. The second kappa shape index (κ2) is 5.76. The minimum atomic E-state index is -1.32. The average Bonchev–Trinajstić information content (AvgIpc) is 2.82. The zero-order valence-corrected chi connectivity index (χ0v) is 13.5. The minimum Gasteiger partial charge on any atom is -0.479 e. The zero-order valence-electron chi connectivity index (χ0n) is 9.78. The van der Waals surface area contributed by atoms with Gasteiger partial charge in [-0.05, 0) is 40.8 Å². The van der Waals surface area contributed by atoms with Crippen LogP contribution in [-0.2, 0) is 9.53 Å². The number of carboxylic acids is 1. The van der Waals surface area contributed by atoms with Crippen LogP contribution in [0.4, 0.5) is 0 Å². The molecule has 102 valence electrons. The predicted molar refractivity (Wildman–Crippen MR) is 80.1 cm³/mol. The highest BCUT2D eigenvalue weighted by Crippen LogP contribution is 2.22. The Balaban J connectivity index is 2.25. The van der Waals surface area contributed by atoms with Crippen LogP contribution in [0, 0.1) is 3.57 Å². The molecule has 1 aromatic carbocycles. The van der Waals surface area contributed by atoms with E-state index in [9.17, 15) is 14.7 Å². The first kappa shape index (κ1) is 14.7. The van der Waals surface area contributed by atoms with Crippen molar-refractivity contribution in [3.05, 3.63) is 31.8 Å². The summed E-state index contributed by atoms with van der Waals surface area (Å²) in [6.07, 6.45) is 0.276. The van der Waals surface area contributed by atoms with E-state index in [2.05, 4.69) is 21.2 Å². The summed E-state index contributed by atoms with van der Waals surface area (Å²) in [5, 5.41) is 11.9. The van der Waals surface area contributed by atoms with E-state index in [1.54, 1.807) is 12.1 Å². The number of carbonyl (C=O) groups excluding carboxylic acids is 1. The Morgan fingerprint density at radius 3 is 2.79 bits per heavy atom. The van der Waals surface area contributed by atoms with Gasteiger partial charge in [0, 0.05) is 21.1 Å². The van der Waals surface area contributed by atoms with Crippen molar-refractivity contribution in [2.24, 2.45) is 0 Å². The first-order valence-electron chi connectivity index (χ1n) is 5.53. The quantitative estimate of drug-likeness (QED) is 0.706. The second-order valence-corrected chi connectivity index (χ2v) is 6.35. The lowest BCUT2D eigenvalue weighted by Gasteiger charge is -2.24. The Morgan fingerprint density at radius 2 is 2.21 bits per heavy atom. The number of carboxylic acid groups (broad SMARTS) is 1. The van der Waals surface area contributed by atoms with Gasteiger partial charge in [0.1, 0.15) is 0 Å². The first-order valence-corrected chi connectivity index (χ1v) is 7.40. The lowest BCUT2D eigenvalue weighted by atomic mass is 9.98. The van der Waals surface area contributed by atoms with Crippen molar-refractivity contribution in [3.8, 4) is 0 Å². The Kier molecular flexibility index (Phi) is 4.46. The van der Waals surface area contributed by atoms with Crippen molar-refractivity contribution in [3.63, 3.8) is 0 Å². The molecule has 0 aliphatic carbocycles. The smallest absolute Gasteiger partial charge is 0.331 e. The van der Waals surface area contributed by atoms with E-state index in [1.165, 1.54) is 0 Å². The number of rotatable bonds is 3. The molecule has 0 radical (unpaired) electrons. The second-order valence-electron chi connectivity index (χ2n) is 4.27. The monoisotopic (exact) mass is 439 g/mol. The minimum absolute atomic E-state index is 0.00133. The SMILES string of the molecule is O=C(NC1(C(=O)O)CCOC1)c1cc(Br)ccc1I. The van der Waals surface area contributed by atoms with Crippen molar-refractivity contribution in [2.45, 2.75) is 12.0 Å². The third kappa shape index (κ3) is 3.09. The van der Waals surface area contributed by atoms with Crippen LogP contribution < -0.4 is 5.32 Å². The van der Waals surface area contributed by atoms with Crippen LogP contribution in [0.1, 0.15) is 16.8 Å². The molecular formula is C12H11BrINO4. The summed E-state index contributed by atoms with van der Waals surface area (Å²) in [7, 11) is 0. The van der Waals surface area contributed by atoms with E-state index in [-0.39, 0.29) is 13.0 Å². The number of aliphatic carboxylic acids is 1. The van der Waals surface area contributed by atoms with Crippen LogP contribution in [0.2, 0.25) is 0 Å². The molecule has 0 spiro atoms. The lowest BCUT2D eigenvalue weighted by Crippen LogP contribution is -2.55. The molecule has 0 bridgehead atoms. The highest BCUT2D eigenvalue weighted by molar-refractivity contribution is 14.1. The van der Waals surface area contributed by atoms with Gasteiger partial charge < -0.3 is 15.2 Å². The molecule has 1 aliphatic rings. The van der Waals surface area contributed by atoms with E-state index in [0.29, 0.717) is 12.2 Å². The molecule has 19 heavy (non-hydrogen) atoms. The van der Waals surface area contributed by atoms with E-state index >= 15 is 0 Å². The molecule has 1 aliphatic heterocycles. The van der Waals surface area contributed by atoms with Gasteiger partial charge in [0.25, 0.3) is 5.91 Å². The van der Waals surface area contributed by atoms with Gasteiger partial charge in [0.2, 0.25) is 0 Å². The van der Waals surface area contributed by atoms with Gasteiger partial charge in [0.05, 0.1) is 12.2 Å². The van der Waals surface area contributed by atoms with Crippen molar-refractivity contribution >= 4 is 50.4 Å². The zero-order chi connectivity index (χ0) is 14.0. The summed E-state index contributed by atoms with van der Waals surface area (Å²) in [6.45, 7) is 0.334. The van der Waals surface area contributed by atoms with Gasteiger partial charge in [-0.3, -0.25) is 4.79 Å². The molecule has 1 saturated heterocycles. The van der Waals surface area contributed by atoms with Crippen LogP contribution >= 0.6 is 38.5 Å². The fraction of sp³-hybridized carbons (Fsp3) is 0.333. The average molecular weight is 440 g/mol. The summed E-state index contributed by atoms with van der Waals surface area (Å²) < 4.78 is 6.64. The van der Waals surface area contributed by atoms with Crippen molar-refractivity contribution in [1.29, 1.82) is 0 Å². The molecule has 1 unspecified atom stereocenters. The number of hydrogen-bond donors (Lipinski definition) is 2. The van der Waals surface area contributed by atoms with Crippen molar-refractivity contribution in [1.82, 2.24) is 5.32 Å². The van der Waals surface area contributed by atoms with Crippen molar-refractivity contribution in [2.75, 3.05) is 13.2 Å². The number of nitrogens with one attached hydrogen (secondary N) is 1. The van der Waals surface area contributed by atoms with Gasteiger partial charge in [-0.25, -0.2) is 4.79 Å². The highest BCUT2D eigenvalue weighted by Gasteiger charge is 2.44. The van der Waals surface area contributed by atoms with Gasteiger partial charge >= 0.3 is 5.97 Å². The third-order valence-electron chi connectivity index (χ3n) is 2.96. The molecule has 2 rings (SSSR count). The van der Waals surface area contributed by atoms with Gasteiger partial charge in [-0.15, -0.1) is 0 Å². The maximum Gasteiger partial charge on any atom is 0.331 e. The maximum absolute atomic E-state index is 12.2. The topological polar surface area (TPSA) is 75.6 Å².